The first-order valence-corrected chi connectivity index (χ1v) is 10.8. The quantitative estimate of drug-likeness (QED) is 0.818. The number of amides is 3. The lowest BCUT2D eigenvalue weighted by molar-refractivity contribution is -0.133. The number of hydrogen-bond acceptors (Lipinski definition) is 4. The number of likely N-dealkylation sites (tertiary alicyclic amines) is 1. The summed E-state index contributed by atoms with van der Waals surface area (Å²) in [5, 5.41) is 7.49. The first-order chi connectivity index (χ1) is 13.8. The number of aryl methyl sites for hydroxylation is 1. The van der Waals surface area contributed by atoms with Crippen LogP contribution in [0.1, 0.15) is 61.3 Å². The average Bonchev–Trinajstić information content (AvgIpc) is 3.50. The van der Waals surface area contributed by atoms with Gasteiger partial charge in [-0.05, 0) is 39.5 Å². The second-order valence-corrected chi connectivity index (χ2v) is 8.91. The predicted molar refractivity (Wildman–Crippen MR) is 107 cm³/mol. The Kier molecular flexibility index (Phi) is 5.36. The molecule has 1 saturated carbocycles. The number of nitrogens with zero attached hydrogens (tertiary/aromatic N) is 4. The molecule has 0 radical (unpaired) electrons. The average molecular weight is 402 g/mol. The van der Waals surface area contributed by atoms with E-state index in [-0.39, 0.29) is 35.6 Å². The van der Waals surface area contributed by atoms with Gasteiger partial charge in [0.25, 0.3) is 5.91 Å². The van der Waals surface area contributed by atoms with Crippen LogP contribution in [0, 0.1) is 11.8 Å². The molecule has 0 spiro atoms. The Balaban J connectivity index is 1.44. The van der Waals surface area contributed by atoms with Gasteiger partial charge in [-0.2, -0.15) is 5.10 Å². The molecule has 4 rings (SSSR count). The molecule has 29 heavy (non-hydrogen) atoms. The third-order valence-corrected chi connectivity index (χ3v) is 6.27. The Morgan fingerprint density at radius 1 is 1.00 bits per heavy atom. The molecule has 0 aromatic carbocycles. The minimum atomic E-state index is -0.0784. The second kappa shape index (κ2) is 7.80. The van der Waals surface area contributed by atoms with E-state index in [4.69, 9.17) is 0 Å². The smallest absolute Gasteiger partial charge is 0.274 e. The molecule has 2 aliphatic heterocycles. The first-order valence-electron chi connectivity index (χ1n) is 10.8. The summed E-state index contributed by atoms with van der Waals surface area (Å²) in [6.07, 6.45) is 4.06. The van der Waals surface area contributed by atoms with Crippen molar-refractivity contribution in [3.63, 3.8) is 0 Å². The maximum absolute atomic E-state index is 13.2. The van der Waals surface area contributed by atoms with Crippen LogP contribution < -0.4 is 5.32 Å². The minimum Gasteiger partial charge on any atom is -0.354 e. The molecule has 158 valence electrons. The summed E-state index contributed by atoms with van der Waals surface area (Å²) >= 11 is 0. The third kappa shape index (κ3) is 4.02. The van der Waals surface area contributed by atoms with Crippen LogP contribution >= 0.6 is 0 Å². The molecule has 3 aliphatic rings. The largest absolute Gasteiger partial charge is 0.354 e. The maximum Gasteiger partial charge on any atom is 0.274 e. The van der Waals surface area contributed by atoms with Crippen molar-refractivity contribution < 1.29 is 14.4 Å². The molecule has 3 amide bonds. The van der Waals surface area contributed by atoms with Crippen LogP contribution in [0.25, 0.3) is 0 Å². The number of piperidine rings is 1. The van der Waals surface area contributed by atoms with Crippen molar-refractivity contribution in [2.75, 3.05) is 19.6 Å². The van der Waals surface area contributed by atoms with Gasteiger partial charge in [0, 0.05) is 68.8 Å². The molecule has 1 aromatic heterocycles. The molecule has 0 unspecified atom stereocenters. The Hall–Kier alpha value is -2.38. The zero-order chi connectivity index (χ0) is 20.7. The molecule has 1 N–H and O–H groups in total. The highest BCUT2D eigenvalue weighted by Gasteiger charge is 2.37. The standard InChI is InChI=1S/C21H31N5O3/c1-13(2)22-19(27)14-6-9-25(10-7-14)21(29)18-16-12-26(20(28)15-4-5-15)11-8-17(16)24(3)23-18/h13-15H,4-12H2,1-3H3,(H,22,27). The van der Waals surface area contributed by atoms with E-state index in [0.29, 0.717) is 44.7 Å². The molecule has 1 aromatic rings. The van der Waals surface area contributed by atoms with E-state index < -0.39 is 0 Å². The normalized spacial score (nSPS) is 20.0. The number of rotatable bonds is 4. The lowest BCUT2D eigenvalue weighted by atomic mass is 9.95. The van der Waals surface area contributed by atoms with Gasteiger partial charge in [0.15, 0.2) is 5.69 Å². The molecule has 2 fully saturated rings. The summed E-state index contributed by atoms with van der Waals surface area (Å²) in [5.41, 5.74) is 2.43. The van der Waals surface area contributed by atoms with Gasteiger partial charge in [-0.25, -0.2) is 0 Å². The van der Waals surface area contributed by atoms with Gasteiger partial charge in [0.2, 0.25) is 11.8 Å². The Morgan fingerprint density at radius 3 is 2.31 bits per heavy atom. The SMILES string of the molecule is CC(C)NC(=O)C1CCN(C(=O)c2nn(C)c3c2CN(C(=O)C2CC2)CC3)CC1. The van der Waals surface area contributed by atoms with Crippen molar-refractivity contribution in [1.29, 1.82) is 0 Å². The number of fused-ring (bicyclic) bond motifs is 1. The zero-order valence-corrected chi connectivity index (χ0v) is 17.6. The van der Waals surface area contributed by atoms with E-state index in [1.807, 2.05) is 30.7 Å². The van der Waals surface area contributed by atoms with Gasteiger partial charge in [-0.1, -0.05) is 0 Å². The fourth-order valence-corrected chi connectivity index (χ4v) is 4.44. The fraction of sp³-hybridized carbons (Fsp3) is 0.714. The number of nitrogens with one attached hydrogen (secondary N) is 1. The Bertz CT molecular complexity index is 819. The van der Waals surface area contributed by atoms with Crippen molar-refractivity contribution in [3.05, 3.63) is 17.0 Å². The van der Waals surface area contributed by atoms with E-state index in [9.17, 15) is 14.4 Å². The highest BCUT2D eigenvalue weighted by atomic mass is 16.2. The van der Waals surface area contributed by atoms with Crippen molar-refractivity contribution in [2.45, 2.75) is 58.5 Å². The van der Waals surface area contributed by atoms with Gasteiger partial charge < -0.3 is 15.1 Å². The Morgan fingerprint density at radius 2 is 1.69 bits per heavy atom. The lowest BCUT2D eigenvalue weighted by Crippen LogP contribution is -2.45. The summed E-state index contributed by atoms with van der Waals surface area (Å²) in [5.74, 6) is 0.367. The van der Waals surface area contributed by atoms with Crippen molar-refractivity contribution in [1.82, 2.24) is 24.9 Å². The van der Waals surface area contributed by atoms with Crippen LogP contribution in [0.15, 0.2) is 0 Å². The van der Waals surface area contributed by atoms with E-state index >= 15 is 0 Å². The molecular formula is C21H31N5O3. The molecule has 1 saturated heterocycles. The summed E-state index contributed by atoms with van der Waals surface area (Å²) < 4.78 is 1.80. The van der Waals surface area contributed by atoms with Crippen LogP contribution in [0.4, 0.5) is 0 Å². The van der Waals surface area contributed by atoms with E-state index in [1.54, 1.807) is 4.68 Å². The van der Waals surface area contributed by atoms with Gasteiger partial charge in [0.1, 0.15) is 0 Å². The van der Waals surface area contributed by atoms with Crippen molar-refractivity contribution in [2.24, 2.45) is 18.9 Å². The molecular weight excluding hydrogens is 370 g/mol. The Labute approximate surface area is 171 Å². The van der Waals surface area contributed by atoms with Crippen LogP contribution in [-0.4, -0.2) is 63.0 Å². The molecule has 3 heterocycles. The topological polar surface area (TPSA) is 87.5 Å². The number of carbonyl (C=O) groups excluding carboxylic acids is 3. The molecule has 8 nitrogen and oxygen atoms in total. The van der Waals surface area contributed by atoms with Crippen molar-refractivity contribution >= 4 is 17.7 Å². The van der Waals surface area contributed by atoms with Crippen LogP contribution in [0.3, 0.4) is 0 Å². The monoisotopic (exact) mass is 401 g/mol. The zero-order valence-electron chi connectivity index (χ0n) is 17.6. The summed E-state index contributed by atoms with van der Waals surface area (Å²) in [4.78, 5) is 41.7. The van der Waals surface area contributed by atoms with Crippen molar-refractivity contribution in [3.8, 4) is 0 Å². The molecule has 1 aliphatic carbocycles. The van der Waals surface area contributed by atoms with Crippen LogP contribution in [-0.2, 0) is 29.6 Å². The number of aromatic nitrogens is 2. The molecule has 0 atom stereocenters. The van der Waals surface area contributed by atoms with Gasteiger partial charge in [-0.3, -0.25) is 19.1 Å². The maximum atomic E-state index is 13.2. The number of hydrogen-bond donors (Lipinski definition) is 1. The van der Waals surface area contributed by atoms with E-state index in [0.717, 1.165) is 30.5 Å². The second-order valence-electron chi connectivity index (χ2n) is 8.91. The van der Waals surface area contributed by atoms with Gasteiger partial charge in [-0.15, -0.1) is 0 Å². The minimum absolute atomic E-state index is 0.0363. The lowest BCUT2D eigenvalue weighted by Gasteiger charge is -2.32. The van der Waals surface area contributed by atoms with Crippen LogP contribution in [0.5, 0.6) is 0 Å². The highest BCUT2D eigenvalue weighted by molar-refractivity contribution is 5.94. The summed E-state index contributed by atoms with van der Waals surface area (Å²) in [6.45, 7) is 6.21. The van der Waals surface area contributed by atoms with Gasteiger partial charge >= 0.3 is 0 Å². The first kappa shape index (κ1) is 19.9. The van der Waals surface area contributed by atoms with Gasteiger partial charge in [0.05, 0.1) is 0 Å². The van der Waals surface area contributed by atoms with E-state index in [2.05, 4.69) is 10.4 Å². The molecule has 8 heteroatoms. The van der Waals surface area contributed by atoms with Crippen LogP contribution in [0.2, 0.25) is 0 Å². The highest BCUT2D eigenvalue weighted by Crippen LogP contribution is 2.33. The molecule has 0 bridgehead atoms. The predicted octanol–water partition coefficient (Wildman–Crippen LogP) is 1.09. The summed E-state index contributed by atoms with van der Waals surface area (Å²) in [6, 6.07) is 0.128. The summed E-state index contributed by atoms with van der Waals surface area (Å²) in [7, 11) is 1.87. The van der Waals surface area contributed by atoms with E-state index in [1.165, 1.54) is 0 Å². The number of carbonyl (C=O) groups is 3. The fourth-order valence-electron chi connectivity index (χ4n) is 4.44. The third-order valence-electron chi connectivity index (χ3n) is 6.27.